The normalized spacial score (nSPS) is 25.7. The summed E-state index contributed by atoms with van der Waals surface area (Å²) in [7, 11) is -4.73. The Labute approximate surface area is 120 Å². The molecule has 3 rings (SSSR count). The van der Waals surface area contributed by atoms with Crippen LogP contribution < -0.4 is 0 Å². The monoisotopic (exact) mass is 318 g/mol. The Balaban J connectivity index is 1.82. The van der Waals surface area contributed by atoms with Gasteiger partial charge >= 0.3 is 16.4 Å². The van der Waals surface area contributed by atoms with Gasteiger partial charge in [0.1, 0.15) is 6.04 Å². The minimum Gasteiger partial charge on any atom is -0.423 e. The second-order valence-electron chi connectivity index (χ2n) is 4.90. The van der Waals surface area contributed by atoms with E-state index in [0.717, 1.165) is 0 Å². The van der Waals surface area contributed by atoms with Gasteiger partial charge in [-0.1, -0.05) is 6.92 Å². The Morgan fingerprint density at radius 1 is 1.43 bits per heavy atom. The smallest absolute Gasteiger partial charge is 0.418 e. The van der Waals surface area contributed by atoms with Gasteiger partial charge in [-0.3, -0.25) is 4.55 Å². The van der Waals surface area contributed by atoms with Gasteiger partial charge in [-0.25, -0.2) is 4.79 Å². The molecule has 1 aromatic rings. The minimum atomic E-state index is -4.73. The fraction of sp³-hybridized carbons (Fsp3) is 0.700. The number of piperidine rings is 1. The Kier molecular flexibility index (Phi) is 3.34. The van der Waals surface area contributed by atoms with E-state index in [0.29, 0.717) is 36.1 Å². The molecule has 2 aliphatic rings. The van der Waals surface area contributed by atoms with E-state index in [1.165, 1.54) is 4.90 Å². The molecule has 2 saturated heterocycles. The molecular formula is C10H14N4O6S. The van der Waals surface area contributed by atoms with Crippen molar-refractivity contribution in [2.45, 2.75) is 38.3 Å². The lowest BCUT2D eigenvalue weighted by Gasteiger charge is -2.27. The predicted octanol–water partition coefficient (Wildman–Crippen LogP) is 0.308. The maximum Gasteiger partial charge on any atom is 0.418 e. The van der Waals surface area contributed by atoms with Gasteiger partial charge in [-0.05, 0) is 12.8 Å². The van der Waals surface area contributed by atoms with Gasteiger partial charge < -0.3 is 9.32 Å². The first kappa shape index (κ1) is 14.2. The molecule has 1 unspecified atom stereocenters. The summed E-state index contributed by atoms with van der Waals surface area (Å²) in [6.45, 7) is 2.15. The van der Waals surface area contributed by atoms with Crippen molar-refractivity contribution in [2.24, 2.45) is 0 Å². The van der Waals surface area contributed by atoms with Crippen LogP contribution in [-0.2, 0) is 21.1 Å². The van der Waals surface area contributed by atoms with Crippen LogP contribution in [0.5, 0.6) is 0 Å². The summed E-state index contributed by atoms with van der Waals surface area (Å²) in [5.41, 5.74) is 0. The Bertz CT molecular complexity index is 658. The van der Waals surface area contributed by atoms with Gasteiger partial charge in [-0.15, -0.1) is 14.5 Å². The number of urea groups is 1. The quantitative estimate of drug-likeness (QED) is 0.786. The zero-order valence-corrected chi connectivity index (χ0v) is 12.0. The van der Waals surface area contributed by atoms with E-state index in [9.17, 15) is 13.2 Å². The van der Waals surface area contributed by atoms with E-state index < -0.39 is 28.5 Å². The average molecular weight is 318 g/mol. The van der Waals surface area contributed by atoms with Crippen LogP contribution in [-0.4, -0.2) is 51.7 Å². The van der Waals surface area contributed by atoms with Crippen molar-refractivity contribution < 1.29 is 26.5 Å². The van der Waals surface area contributed by atoms with E-state index in [1.54, 1.807) is 0 Å². The van der Waals surface area contributed by atoms with Gasteiger partial charge in [0.25, 0.3) is 0 Å². The number of hydroxylamine groups is 2. The molecule has 0 saturated carbocycles. The van der Waals surface area contributed by atoms with Crippen molar-refractivity contribution in [3.8, 4) is 0 Å². The SMILES string of the molecule is CCc1nnc(C2CC[C@@H]3CN2C(=O)N3OS(=O)(=O)O)o1. The molecule has 2 amide bonds. The first-order valence-electron chi connectivity index (χ1n) is 6.48. The van der Waals surface area contributed by atoms with E-state index in [4.69, 9.17) is 8.97 Å². The predicted molar refractivity (Wildman–Crippen MR) is 66.0 cm³/mol. The molecule has 0 spiro atoms. The highest BCUT2D eigenvalue weighted by molar-refractivity contribution is 7.80. The summed E-state index contributed by atoms with van der Waals surface area (Å²) >= 11 is 0. The number of fused-ring (bicyclic) bond motifs is 2. The third-order valence-electron chi connectivity index (χ3n) is 3.57. The molecule has 10 nitrogen and oxygen atoms in total. The molecule has 1 aromatic heterocycles. The fourth-order valence-corrected chi connectivity index (χ4v) is 3.02. The molecule has 116 valence electrons. The number of aromatic nitrogens is 2. The van der Waals surface area contributed by atoms with E-state index >= 15 is 0 Å². The number of rotatable bonds is 4. The lowest BCUT2D eigenvalue weighted by molar-refractivity contribution is -0.0317. The zero-order chi connectivity index (χ0) is 15.2. The van der Waals surface area contributed by atoms with Crippen LogP contribution in [0.15, 0.2) is 4.42 Å². The number of nitrogens with zero attached hydrogens (tertiary/aromatic N) is 4. The van der Waals surface area contributed by atoms with Gasteiger partial charge in [0.15, 0.2) is 0 Å². The molecule has 11 heteroatoms. The highest BCUT2D eigenvalue weighted by Crippen LogP contribution is 2.38. The average Bonchev–Trinajstić information content (AvgIpc) is 2.98. The second kappa shape index (κ2) is 4.93. The summed E-state index contributed by atoms with van der Waals surface area (Å²) in [4.78, 5) is 13.6. The molecule has 21 heavy (non-hydrogen) atoms. The summed E-state index contributed by atoms with van der Waals surface area (Å²) in [6, 6.07) is -1.47. The second-order valence-corrected chi connectivity index (χ2v) is 5.90. The largest absolute Gasteiger partial charge is 0.423 e. The topological polar surface area (TPSA) is 126 Å². The first-order chi connectivity index (χ1) is 9.89. The van der Waals surface area contributed by atoms with Gasteiger partial charge in [0, 0.05) is 13.0 Å². The van der Waals surface area contributed by atoms with Gasteiger partial charge in [-0.2, -0.15) is 13.5 Å². The maximum absolute atomic E-state index is 12.2. The van der Waals surface area contributed by atoms with E-state index in [-0.39, 0.29) is 6.54 Å². The Morgan fingerprint density at radius 2 is 2.19 bits per heavy atom. The third kappa shape index (κ3) is 2.59. The number of aryl methyl sites for hydroxylation is 1. The molecule has 1 N–H and O–H groups in total. The van der Waals surface area contributed by atoms with E-state index in [2.05, 4.69) is 14.5 Å². The maximum atomic E-state index is 12.2. The summed E-state index contributed by atoms with van der Waals surface area (Å²) in [5, 5.41) is 8.47. The van der Waals surface area contributed by atoms with Crippen LogP contribution in [0.25, 0.3) is 0 Å². The molecular weight excluding hydrogens is 304 g/mol. The highest BCUT2D eigenvalue weighted by Gasteiger charge is 2.49. The van der Waals surface area contributed by atoms with Gasteiger partial charge in [0.2, 0.25) is 11.8 Å². The Hall–Kier alpha value is -1.72. The van der Waals surface area contributed by atoms with Crippen LogP contribution >= 0.6 is 0 Å². The summed E-state index contributed by atoms with van der Waals surface area (Å²) in [6.07, 6.45) is 1.65. The number of amides is 2. The van der Waals surface area contributed by atoms with Crippen LogP contribution in [0.1, 0.15) is 37.6 Å². The van der Waals surface area contributed by atoms with E-state index in [1.807, 2.05) is 6.92 Å². The highest BCUT2D eigenvalue weighted by atomic mass is 32.3. The van der Waals surface area contributed by atoms with Crippen LogP contribution in [0.4, 0.5) is 4.79 Å². The molecule has 0 aliphatic carbocycles. The molecule has 3 heterocycles. The summed E-state index contributed by atoms with van der Waals surface area (Å²) in [5.74, 6) is 0.803. The molecule has 0 radical (unpaired) electrons. The molecule has 0 aromatic carbocycles. The Morgan fingerprint density at radius 3 is 2.81 bits per heavy atom. The van der Waals surface area contributed by atoms with Crippen molar-refractivity contribution in [2.75, 3.05) is 6.54 Å². The lowest BCUT2D eigenvalue weighted by atomic mass is 10.0. The third-order valence-corrected chi connectivity index (χ3v) is 3.92. The fourth-order valence-electron chi connectivity index (χ4n) is 2.63. The number of hydrogen-bond acceptors (Lipinski definition) is 7. The van der Waals surface area contributed by atoms with Crippen molar-refractivity contribution in [3.05, 3.63) is 11.8 Å². The molecule has 2 atom stereocenters. The first-order valence-corrected chi connectivity index (χ1v) is 7.84. The van der Waals surface area contributed by atoms with Crippen molar-refractivity contribution in [1.82, 2.24) is 20.2 Å². The zero-order valence-electron chi connectivity index (χ0n) is 11.2. The molecule has 2 fully saturated rings. The van der Waals surface area contributed by atoms with Crippen LogP contribution in [0.3, 0.4) is 0 Å². The lowest BCUT2D eigenvalue weighted by Crippen LogP contribution is -2.35. The van der Waals surface area contributed by atoms with Crippen molar-refractivity contribution >= 4 is 16.4 Å². The summed E-state index contributed by atoms with van der Waals surface area (Å²) < 4.78 is 40.1. The minimum absolute atomic E-state index is 0.281. The molecule has 2 bridgehead atoms. The van der Waals surface area contributed by atoms with Crippen molar-refractivity contribution in [1.29, 1.82) is 0 Å². The number of carbonyl (C=O) groups is 1. The van der Waals surface area contributed by atoms with Crippen LogP contribution in [0.2, 0.25) is 0 Å². The standard InChI is InChI=1S/C10H14N4O6S/c1-2-8-11-12-9(19-8)7-4-3-6-5-13(7)10(15)14(6)20-21(16,17)18/h6-7H,2-5H2,1H3,(H,16,17,18)/t6-,7?/m1/s1. The number of hydrogen-bond donors (Lipinski definition) is 1. The molecule has 2 aliphatic heterocycles. The number of carbonyl (C=O) groups excluding carboxylic acids is 1. The van der Waals surface area contributed by atoms with Gasteiger partial charge in [0.05, 0.1) is 6.04 Å². The van der Waals surface area contributed by atoms with Crippen molar-refractivity contribution in [3.63, 3.8) is 0 Å². The van der Waals surface area contributed by atoms with Crippen LogP contribution in [0, 0.1) is 0 Å².